The number of hydrogen-bond acceptors (Lipinski definition) is 9. The van der Waals surface area contributed by atoms with E-state index in [-0.39, 0.29) is 47.6 Å². The van der Waals surface area contributed by atoms with E-state index in [2.05, 4.69) is 15.5 Å². The summed E-state index contributed by atoms with van der Waals surface area (Å²) in [5, 5.41) is 21.8. The molecule has 2 aromatic heterocycles. The lowest BCUT2D eigenvalue weighted by atomic mass is 10.1. The van der Waals surface area contributed by atoms with E-state index in [4.69, 9.17) is 4.84 Å². The molecule has 0 radical (unpaired) electrons. The highest BCUT2D eigenvalue weighted by Crippen LogP contribution is 2.38. The number of carbonyl (C=O) groups excluding carboxylic acids is 2. The maximum Gasteiger partial charge on any atom is 0.341 e. The number of para-hydroxylation sites is 1. The lowest BCUT2D eigenvalue weighted by Gasteiger charge is -2.36. The number of piperazine rings is 1. The van der Waals surface area contributed by atoms with Gasteiger partial charge in [0.05, 0.1) is 29.6 Å². The van der Waals surface area contributed by atoms with Crippen LogP contribution in [-0.4, -0.2) is 85.8 Å². The Morgan fingerprint density at radius 2 is 1.83 bits per heavy atom. The quantitative estimate of drug-likeness (QED) is 0.271. The summed E-state index contributed by atoms with van der Waals surface area (Å²) in [5.74, 6) is -2.46. The maximum absolute atomic E-state index is 15.4. The summed E-state index contributed by atoms with van der Waals surface area (Å²) in [6.45, 7) is 3.59. The third-order valence-corrected chi connectivity index (χ3v) is 8.63. The van der Waals surface area contributed by atoms with Gasteiger partial charge in [-0.25, -0.2) is 13.9 Å². The van der Waals surface area contributed by atoms with Crippen molar-refractivity contribution in [2.24, 2.45) is 5.16 Å². The zero-order valence-corrected chi connectivity index (χ0v) is 25.5. The average Bonchev–Trinajstić information content (AvgIpc) is 3.76. The third kappa shape index (κ3) is 5.57. The van der Waals surface area contributed by atoms with E-state index < -0.39 is 17.2 Å². The Labute approximate surface area is 267 Å². The summed E-state index contributed by atoms with van der Waals surface area (Å²) in [5.41, 5.74) is 1.78. The van der Waals surface area contributed by atoms with Gasteiger partial charge in [0, 0.05) is 49.4 Å². The number of carboxylic acid groups (broad SMARTS) is 1. The molecule has 2 amide bonds. The van der Waals surface area contributed by atoms with Gasteiger partial charge in [0.25, 0.3) is 5.91 Å². The van der Waals surface area contributed by atoms with Crippen LogP contribution in [0.15, 0.2) is 58.7 Å². The van der Waals surface area contributed by atoms with Crippen molar-refractivity contribution in [1.82, 2.24) is 24.5 Å². The molecule has 0 unspecified atom stereocenters. The van der Waals surface area contributed by atoms with E-state index >= 15 is 4.39 Å². The molecule has 14 nitrogen and oxygen atoms in total. The predicted molar refractivity (Wildman–Crippen MR) is 168 cm³/mol. The zero-order chi connectivity index (χ0) is 32.8. The fraction of sp³-hybridized carbons (Fsp3) is 0.344. The molecule has 2 aromatic carbocycles. The monoisotopic (exact) mass is 642 g/mol. The Hall–Kier alpha value is -5.60. The Balaban J connectivity index is 1.01. The van der Waals surface area contributed by atoms with E-state index in [9.17, 15) is 24.3 Å². The lowest BCUT2D eigenvalue weighted by molar-refractivity contribution is -0.132. The fourth-order valence-corrected chi connectivity index (χ4v) is 6.13. The van der Waals surface area contributed by atoms with Crippen molar-refractivity contribution in [3.63, 3.8) is 0 Å². The number of carboxylic acids is 1. The molecule has 1 saturated carbocycles. The predicted octanol–water partition coefficient (Wildman–Crippen LogP) is 2.40. The van der Waals surface area contributed by atoms with Crippen molar-refractivity contribution in [1.29, 1.82) is 0 Å². The average molecular weight is 643 g/mol. The smallest absolute Gasteiger partial charge is 0.341 e. The first-order chi connectivity index (χ1) is 22.7. The summed E-state index contributed by atoms with van der Waals surface area (Å²) >= 11 is 0. The van der Waals surface area contributed by atoms with E-state index in [1.807, 2.05) is 23.1 Å². The third-order valence-electron chi connectivity index (χ3n) is 8.63. The second-order valence-corrected chi connectivity index (χ2v) is 11.7. The van der Waals surface area contributed by atoms with Crippen molar-refractivity contribution in [3.05, 3.63) is 81.7 Å². The van der Waals surface area contributed by atoms with Crippen LogP contribution in [0.2, 0.25) is 0 Å². The van der Waals surface area contributed by atoms with Crippen LogP contribution in [-0.2, 0) is 27.5 Å². The molecule has 0 atom stereocenters. The van der Waals surface area contributed by atoms with Crippen LogP contribution in [0.5, 0.6) is 0 Å². The van der Waals surface area contributed by atoms with Crippen molar-refractivity contribution in [3.8, 4) is 0 Å². The maximum atomic E-state index is 15.4. The van der Waals surface area contributed by atoms with Gasteiger partial charge in [-0.05, 0) is 38.0 Å². The highest BCUT2D eigenvalue weighted by molar-refractivity contribution is 6.54. The second kappa shape index (κ2) is 12.0. The molecule has 3 aliphatic rings. The van der Waals surface area contributed by atoms with Crippen LogP contribution in [0.4, 0.5) is 15.8 Å². The molecule has 242 valence electrons. The number of rotatable bonds is 9. The molecule has 47 heavy (non-hydrogen) atoms. The molecule has 0 bridgehead atoms. The topological polar surface area (TPSA) is 155 Å². The van der Waals surface area contributed by atoms with Crippen molar-refractivity contribution in [2.75, 3.05) is 42.6 Å². The van der Waals surface area contributed by atoms with E-state index in [1.54, 1.807) is 39.6 Å². The van der Waals surface area contributed by atoms with Gasteiger partial charge in [-0.2, -0.15) is 0 Å². The number of carbonyl (C=O) groups is 3. The molecule has 4 aromatic rings. The van der Waals surface area contributed by atoms with Gasteiger partial charge in [0.1, 0.15) is 30.2 Å². The number of hydrogen-bond donors (Lipinski definition) is 1. The summed E-state index contributed by atoms with van der Waals surface area (Å²) < 4.78 is 18.6. The van der Waals surface area contributed by atoms with Crippen LogP contribution < -0.4 is 15.2 Å². The van der Waals surface area contributed by atoms with Crippen LogP contribution in [0.1, 0.15) is 47.4 Å². The summed E-state index contributed by atoms with van der Waals surface area (Å²) in [6, 6.07) is 10.1. The van der Waals surface area contributed by atoms with Gasteiger partial charge >= 0.3 is 5.97 Å². The highest BCUT2D eigenvalue weighted by Gasteiger charge is 2.35. The van der Waals surface area contributed by atoms with Gasteiger partial charge in [0.15, 0.2) is 5.71 Å². The Morgan fingerprint density at radius 3 is 2.55 bits per heavy atom. The molecule has 7 rings (SSSR count). The summed E-state index contributed by atoms with van der Waals surface area (Å²) in [4.78, 5) is 61.0. The number of benzene rings is 2. The number of pyridine rings is 1. The number of halogens is 1. The standard InChI is InChI=1S/C32H31FN8O6/c1-2-47-35-29-21-5-3-4-6-25(21)41(31(29)44)16-19-15-39(36-34-19)18-28(42)38-11-9-37(10-12-38)27-14-26-22(13-24(27)33)30(43)23(32(45)46)17-40(26)20-7-8-20/h3-6,13-15,17,20H,2,7-12,16,18H2,1H3,(H,45,46)/b35-29+. The minimum Gasteiger partial charge on any atom is -0.477 e. The highest BCUT2D eigenvalue weighted by atomic mass is 19.1. The number of nitrogens with zero attached hydrogens (tertiary/aromatic N) is 8. The first-order valence-electron chi connectivity index (χ1n) is 15.4. The van der Waals surface area contributed by atoms with Gasteiger partial charge in [-0.1, -0.05) is 28.6 Å². The SMILES string of the molecule is CCO/N=C1/C(=O)N(Cc2cn(CC(=O)N3CCN(c4cc5c(cc4F)c(=O)c(C(=O)O)cn5C4CC4)CC3)nn2)c2ccccc21. The number of aromatic nitrogens is 4. The molecule has 1 aliphatic carbocycles. The number of amides is 2. The van der Waals surface area contributed by atoms with Crippen LogP contribution in [0.3, 0.4) is 0 Å². The van der Waals surface area contributed by atoms with E-state index in [1.165, 1.54) is 10.9 Å². The molecular weight excluding hydrogens is 611 g/mol. The van der Waals surface area contributed by atoms with Gasteiger partial charge in [-0.3, -0.25) is 14.4 Å². The van der Waals surface area contributed by atoms with Crippen LogP contribution >= 0.6 is 0 Å². The second-order valence-electron chi connectivity index (χ2n) is 11.7. The minimum atomic E-state index is -1.34. The molecule has 15 heteroatoms. The Bertz CT molecular complexity index is 2010. The zero-order valence-electron chi connectivity index (χ0n) is 25.5. The van der Waals surface area contributed by atoms with Crippen molar-refractivity contribution >= 4 is 45.8 Å². The number of aromatic carboxylic acids is 1. The van der Waals surface area contributed by atoms with Gasteiger partial charge in [-0.15, -0.1) is 5.10 Å². The first-order valence-corrected chi connectivity index (χ1v) is 15.4. The Morgan fingerprint density at radius 1 is 1.06 bits per heavy atom. The van der Waals surface area contributed by atoms with Gasteiger partial charge < -0.3 is 29.2 Å². The lowest BCUT2D eigenvalue weighted by Crippen LogP contribution is -2.50. The first kappa shape index (κ1) is 30.1. The Kier molecular flexibility index (Phi) is 7.66. The van der Waals surface area contributed by atoms with Crippen LogP contribution in [0, 0.1) is 5.82 Å². The summed E-state index contributed by atoms with van der Waals surface area (Å²) in [7, 11) is 0. The van der Waals surface area contributed by atoms with E-state index in [0.29, 0.717) is 60.9 Å². The van der Waals surface area contributed by atoms with E-state index in [0.717, 1.165) is 18.9 Å². The number of anilines is 2. The molecule has 1 N–H and O–H groups in total. The molecule has 2 aliphatic heterocycles. The molecular formula is C32H31FN8O6. The largest absolute Gasteiger partial charge is 0.477 e. The number of oxime groups is 1. The van der Waals surface area contributed by atoms with Crippen molar-refractivity contribution < 1.29 is 28.7 Å². The summed E-state index contributed by atoms with van der Waals surface area (Å²) in [6.07, 6.45) is 4.69. The van der Waals surface area contributed by atoms with Gasteiger partial charge in [0.2, 0.25) is 11.3 Å². The minimum absolute atomic E-state index is 0.0384. The molecule has 4 heterocycles. The number of fused-ring (bicyclic) bond motifs is 2. The fourth-order valence-electron chi connectivity index (χ4n) is 6.13. The molecule has 1 saturated heterocycles. The normalized spacial score (nSPS) is 17.1. The molecule has 2 fully saturated rings. The van der Waals surface area contributed by atoms with Crippen LogP contribution in [0.25, 0.3) is 10.9 Å². The van der Waals surface area contributed by atoms with Crippen molar-refractivity contribution in [2.45, 2.75) is 38.9 Å². The molecule has 0 spiro atoms.